The van der Waals surface area contributed by atoms with Crippen molar-refractivity contribution in [3.63, 3.8) is 0 Å². The topological polar surface area (TPSA) is 38.5 Å². The fourth-order valence-corrected chi connectivity index (χ4v) is 3.16. The van der Waals surface area contributed by atoms with E-state index in [9.17, 15) is 0 Å². The van der Waals surface area contributed by atoms with Crippen LogP contribution in [0.5, 0.6) is 0 Å². The van der Waals surface area contributed by atoms with Crippen molar-refractivity contribution in [3.05, 3.63) is 28.2 Å². The summed E-state index contributed by atoms with van der Waals surface area (Å²) in [5.74, 6) is 0. The van der Waals surface area contributed by atoms with Crippen LogP contribution in [0.1, 0.15) is 39.3 Å². The molecule has 3 nitrogen and oxygen atoms in total. The summed E-state index contributed by atoms with van der Waals surface area (Å²) < 4.78 is 7.06. The Hall–Kier alpha value is -0.580. The maximum absolute atomic E-state index is 6.10. The number of nitrogens with two attached hydrogens (primary N) is 1. The van der Waals surface area contributed by atoms with Crippen LogP contribution in [0.3, 0.4) is 0 Å². The lowest BCUT2D eigenvalue weighted by Crippen LogP contribution is -2.52. The molecule has 1 aliphatic heterocycles. The quantitative estimate of drug-likeness (QED) is 0.904. The van der Waals surface area contributed by atoms with Gasteiger partial charge in [-0.3, -0.25) is 0 Å². The number of morpholine rings is 1. The molecule has 1 aromatic carbocycles. The first kappa shape index (κ1) is 14.8. The molecule has 0 saturated carbocycles. The summed E-state index contributed by atoms with van der Waals surface area (Å²) in [6.45, 7) is 10.2. The normalized spacial score (nSPS) is 24.3. The Morgan fingerprint density at radius 3 is 2.74 bits per heavy atom. The molecule has 2 atom stereocenters. The van der Waals surface area contributed by atoms with Gasteiger partial charge in [-0.1, -0.05) is 22.0 Å². The van der Waals surface area contributed by atoms with Gasteiger partial charge in [0.25, 0.3) is 0 Å². The summed E-state index contributed by atoms with van der Waals surface area (Å²) >= 11 is 3.56. The summed E-state index contributed by atoms with van der Waals surface area (Å²) in [4.78, 5) is 2.39. The van der Waals surface area contributed by atoms with Gasteiger partial charge in [-0.05, 0) is 45.4 Å². The van der Waals surface area contributed by atoms with Crippen LogP contribution < -0.4 is 10.6 Å². The zero-order valence-corrected chi connectivity index (χ0v) is 13.7. The van der Waals surface area contributed by atoms with Crippen LogP contribution in [0.15, 0.2) is 22.7 Å². The highest BCUT2D eigenvalue weighted by Gasteiger charge is 2.32. The van der Waals surface area contributed by atoms with Crippen LogP contribution in [0.4, 0.5) is 5.69 Å². The average Bonchev–Trinajstić information content (AvgIpc) is 2.25. The Labute approximate surface area is 124 Å². The number of benzene rings is 1. The molecule has 1 aromatic rings. The van der Waals surface area contributed by atoms with Gasteiger partial charge in [0.1, 0.15) is 0 Å². The molecule has 0 amide bonds. The number of rotatable bonds is 2. The molecule has 0 aliphatic carbocycles. The molecule has 1 fully saturated rings. The van der Waals surface area contributed by atoms with Gasteiger partial charge in [0.05, 0.1) is 11.7 Å². The van der Waals surface area contributed by atoms with Gasteiger partial charge >= 0.3 is 0 Å². The number of ether oxygens (including phenoxy) is 1. The highest BCUT2D eigenvalue weighted by molar-refractivity contribution is 9.10. The smallest absolute Gasteiger partial charge is 0.0805 e. The number of hydrogen-bond acceptors (Lipinski definition) is 3. The van der Waals surface area contributed by atoms with Crippen molar-refractivity contribution < 1.29 is 4.74 Å². The van der Waals surface area contributed by atoms with Crippen molar-refractivity contribution in [3.8, 4) is 0 Å². The maximum Gasteiger partial charge on any atom is 0.0805 e. The molecule has 19 heavy (non-hydrogen) atoms. The van der Waals surface area contributed by atoms with Gasteiger partial charge in [-0.15, -0.1) is 0 Å². The molecule has 4 heteroatoms. The second kappa shape index (κ2) is 5.43. The molecule has 2 N–H and O–H groups in total. The molecule has 1 heterocycles. The molecule has 2 rings (SSSR count). The summed E-state index contributed by atoms with van der Waals surface area (Å²) in [7, 11) is 0. The third-order valence-corrected chi connectivity index (χ3v) is 3.89. The number of anilines is 1. The second-order valence-corrected chi connectivity index (χ2v) is 6.98. The molecule has 106 valence electrons. The predicted octanol–water partition coefficient (Wildman–Crippen LogP) is 3.47. The van der Waals surface area contributed by atoms with Crippen LogP contribution >= 0.6 is 15.9 Å². The van der Waals surface area contributed by atoms with E-state index in [2.05, 4.69) is 59.8 Å². The number of nitrogens with zero attached hydrogens (tertiary/aromatic N) is 1. The summed E-state index contributed by atoms with van der Waals surface area (Å²) in [5, 5.41) is 0. The summed E-state index contributed by atoms with van der Waals surface area (Å²) in [6.07, 6.45) is 0.226. The predicted molar refractivity (Wildman–Crippen MR) is 83.6 cm³/mol. The van der Waals surface area contributed by atoms with E-state index in [1.807, 2.05) is 6.92 Å². The van der Waals surface area contributed by atoms with E-state index < -0.39 is 0 Å². The van der Waals surface area contributed by atoms with Gasteiger partial charge in [0.2, 0.25) is 0 Å². The van der Waals surface area contributed by atoms with Gasteiger partial charge < -0.3 is 15.4 Å². The third-order valence-electron chi connectivity index (χ3n) is 3.39. The molecule has 0 bridgehead atoms. The zero-order valence-electron chi connectivity index (χ0n) is 12.1. The van der Waals surface area contributed by atoms with E-state index in [0.29, 0.717) is 0 Å². The first-order chi connectivity index (χ1) is 8.78. The van der Waals surface area contributed by atoms with Gasteiger partial charge in [0, 0.05) is 29.3 Å². The summed E-state index contributed by atoms with van der Waals surface area (Å²) in [5.41, 5.74) is 8.37. The fourth-order valence-electron chi connectivity index (χ4n) is 2.81. The van der Waals surface area contributed by atoms with Crippen LogP contribution in [-0.2, 0) is 4.74 Å². The van der Waals surface area contributed by atoms with Crippen molar-refractivity contribution >= 4 is 21.6 Å². The molecular formula is C15H23BrN2O. The Balaban J connectivity index is 2.37. The number of hydrogen-bond donors (Lipinski definition) is 1. The molecule has 0 spiro atoms. The minimum atomic E-state index is -0.130. The highest BCUT2D eigenvalue weighted by atomic mass is 79.9. The summed E-state index contributed by atoms with van der Waals surface area (Å²) in [6, 6.07) is 6.35. The van der Waals surface area contributed by atoms with Crippen molar-refractivity contribution in [2.24, 2.45) is 5.73 Å². The zero-order chi connectivity index (χ0) is 14.2. The Kier molecular flexibility index (Phi) is 4.23. The van der Waals surface area contributed by atoms with Crippen LogP contribution in [0.25, 0.3) is 0 Å². The third kappa shape index (κ3) is 3.50. The van der Waals surface area contributed by atoms with Crippen LogP contribution in [-0.4, -0.2) is 24.8 Å². The Morgan fingerprint density at radius 1 is 1.47 bits per heavy atom. The minimum Gasteiger partial charge on any atom is -0.369 e. The van der Waals surface area contributed by atoms with E-state index in [-0.39, 0.29) is 17.7 Å². The first-order valence-electron chi connectivity index (χ1n) is 6.76. The van der Waals surface area contributed by atoms with E-state index in [1.165, 1.54) is 11.3 Å². The molecule has 0 radical (unpaired) electrons. The SMILES string of the molecule is CC1CN(c2cc(Br)ccc2C(C)N)CC(C)(C)O1. The lowest BCUT2D eigenvalue weighted by molar-refractivity contribution is -0.0750. The van der Waals surface area contributed by atoms with Gasteiger partial charge in [-0.25, -0.2) is 0 Å². The van der Waals surface area contributed by atoms with E-state index >= 15 is 0 Å². The number of halogens is 1. The molecule has 1 saturated heterocycles. The molecular weight excluding hydrogens is 304 g/mol. The van der Waals surface area contributed by atoms with Gasteiger partial charge in [-0.2, -0.15) is 0 Å². The van der Waals surface area contributed by atoms with E-state index in [4.69, 9.17) is 10.5 Å². The maximum atomic E-state index is 6.10. The van der Waals surface area contributed by atoms with Crippen LogP contribution in [0, 0.1) is 0 Å². The first-order valence-corrected chi connectivity index (χ1v) is 7.55. The molecule has 1 aliphatic rings. The minimum absolute atomic E-state index is 0.0318. The average molecular weight is 327 g/mol. The van der Waals surface area contributed by atoms with Crippen molar-refractivity contribution in [2.75, 3.05) is 18.0 Å². The standard InChI is InChI=1S/C15H23BrN2O/c1-10-8-18(9-15(3,4)19-10)14-7-12(16)5-6-13(14)11(2)17/h5-7,10-11H,8-9,17H2,1-4H3. The largest absolute Gasteiger partial charge is 0.369 e. The second-order valence-electron chi connectivity index (χ2n) is 6.06. The lowest BCUT2D eigenvalue weighted by atomic mass is 10.0. The fraction of sp³-hybridized carbons (Fsp3) is 0.600. The lowest BCUT2D eigenvalue weighted by Gasteiger charge is -2.43. The van der Waals surface area contributed by atoms with E-state index in [1.54, 1.807) is 0 Å². The Morgan fingerprint density at radius 2 is 2.16 bits per heavy atom. The van der Waals surface area contributed by atoms with Crippen molar-refractivity contribution in [2.45, 2.75) is 45.4 Å². The van der Waals surface area contributed by atoms with Gasteiger partial charge in [0.15, 0.2) is 0 Å². The monoisotopic (exact) mass is 326 g/mol. The molecule has 0 aromatic heterocycles. The van der Waals surface area contributed by atoms with Crippen LogP contribution in [0.2, 0.25) is 0 Å². The highest BCUT2D eigenvalue weighted by Crippen LogP contribution is 2.33. The van der Waals surface area contributed by atoms with Crippen molar-refractivity contribution in [1.82, 2.24) is 0 Å². The van der Waals surface area contributed by atoms with E-state index in [0.717, 1.165) is 17.6 Å². The molecule has 2 unspecified atom stereocenters. The Bertz CT molecular complexity index is 459. The van der Waals surface area contributed by atoms with Crippen molar-refractivity contribution in [1.29, 1.82) is 0 Å².